The van der Waals surface area contributed by atoms with Gasteiger partial charge < -0.3 is 25.0 Å². The van der Waals surface area contributed by atoms with E-state index >= 15 is 0 Å². The summed E-state index contributed by atoms with van der Waals surface area (Å²) in [5.41, 5.74) is 4.30. The SMILES string of the molecule is COCCCn1cc(Nc2ncc(C#Cc3cc(C(=O)Nc4ccc(CN5CCN(C)CC5)c(F)c4)ccc3C)cn2)c(OC)n1. The molecule has 0 unspecified atom stereocenters. The van der Waals surface area contributed by atoms with Gasteiger partial charge in [0.15, 0.2) is 0 Å². The third kappa shape index (κ3) is 8.66. The molecule has 2 aromatic carbocycles. The van der Waals surface area contributed by atoms with E-state index in [9.17, 15) is 9.18 Å². The molecule has 1 fully saturated rings. The highest BCUT2D eigenvalue weighted by Gasteiger charge is 2.17. The van der Waals surface area contributed by atoms with Crippen molar-refractivity contribution in [1.82, 2.24) is 29.5 Å². The number of anilines is 3. The normalized spacial score (nSPS) is 13.6. The first-order valence-electron chi connectivity index (χ1n) is 15.1. The fraction of sp³-hybridized carbons (Fsp3) is 0.353. The van der Waals surface area contributed by atoms with Gasteiger partial charge >= 0.3 is 0 Å². The number of nitrogens with one attached hydrogen (secondary N) is 2. The summed E-state index contributed by atoms with van der Waals surface area (Å²) in [6.07, 6.45) is 5.89. The average molecular weight is 627 g/mol. The van der Waals surface area contributed by atoms with Gasteiger partial charge in [0.1, 0.15) is 11.5 Å². The van der Waals surface area contributed by atoms with Crippen LogP contribution in [0.15, 0.2) is 55.0 Å². The smallest absolute Gasteiger partial charge is 0.256 e. The van der Waals surface area contributed by atoms with Crippen LogP contribution in [0.3, 0.4) is 0 Å². The summed E-state index contributed by atoms with van der Waals surface area (Å²) in [5, 5.41) is 10.3. The van der Waals surface area contributed by atoms with E-state index in [4.69, 9.17) is 9.47 Å². The minimum atomic E-state index is -0.342. The number of piperazine rings is 1. The van der Waals surface area contributed by atoms with Crippen LogP contribution in [0.4, 0.5) is 21.7 Å². The highest BCUT2D eigenvalue weighted by Crippen LogP contribution is 2.24. The maximum absolute atomic E-state index is 14.9. The Kier molecular flexibility index (Phi) is 10.9. The Hall–Kier alpha value is -4.83. The topological polar surface area (TPSA) is 110 Å². The van der Waals surface area contributed by atoms with Crippen molar-refractivity contribution in [2.75, 3.05) is 64.7 Å². The van der Waals surface area contributed by atoms with Crippen molar-refractivity contribution in [3.8, 4) is 17.7 Å². The average Bonchev–Trinajstić information content (AvgIpc) is 3.45. The molecule has 240 valence electrons. The number of aryl methyl sites for hydroxylation is 2. The molecular formula is C34H39FN8O3. The Morgan fingerprint density at radius 2 is 1.83 bits per heavy atom. The molecule has 1 saturated heterocycles. The molecule has 4 aromatic rings. The Balaban J connectivity index is 1.20. The number of ether oxygens (including phenoxy) is 2. The van der Waals surface area contributed by atoms with Crippen molar-refractivity contribution in [3.05, 3.63) is 88.6 Å². The van der Waals surface area contributed by atoms with Crippen LogP contribution in [0.2, 0.25) is 0 Å². The van der Waals surface area contributed by atoms with Crippen LogP contribution in [0.1, 0.15) is 39.0 Å². The first kappa shape index (κ1) is 32.6. The molecule has 2 aromatic heterocycles. The number of rotatable bonds is 11. The second-order valence-corrected chi connectivity index (χ2v) is 11.2. The van der Waals surface area contributed by atoms with E-state index in [0.717, 1.165) is 38.2 Å². The number of benzene rings is 2. The van der Waals surface area contributed by atoms with E-state index in [-0.39, 0.29) is 11.7 Å². The summed E-state index contributed by atoms with van der Waals surface area (Å²) >= 11 is 0. The van der Waals surface area contributed by atoms with E-state index in [2.05, 4.69) is 54.4 Å². The zero-order valence-corrected chi connectivity index (χ0v) is 26.6. The molecule has 1 amide bonds. The zero-order valence-electron chi connectivity index (χ0n) is 26.6. The van der Waals surface area contributed by atoms with E-state index in [1.807, 2.05) is 19.2 Å². The number of hydrogen-bond donors (Lipinski definition) is 2. The lowest BCUT2D eigenvalue weighted by atomic mass is 10.0. The number of likely N-dealkylation sites (N-methyl/N-ethyl adjacent to an activating group) is 1. The Bertz CT molecular complexity index is 1710. The van der Waals surface area contributed by atoms with Crippen LogP contribution < -0.4 is 15.4 Å². The predicted octanol–water partition coefficient (Wildman–Crippen LogP) is 4.31. The molecule has 0 bridgehead atoms. The molecule has 0 aliphatic carbocycles. The van der Waals surface area contributed by atoms with E-state index in [0.29, 0.717) is 65.2 Å². The van der Waals surface area contributed by atoms with E-state index < -0.39 is 0 Å². The maximum atomic E-state index is 14.9. The molecule has 0 atom stereocenters. The lowest BCUT2D eigenvalue weighted by Crippen LogP contribution is -2.44. The molecule has 1 aliphatic rings. The molecule has 0 radical (unpaired) electrons. The van der Waals surface area contributed by atoms with Gasteiger partial charge in [-0.2, -0.15) is 0 Å². The lowest BCUT2D eigenvalue weighted by Gasteiger charge is -2.32. The largest absolute Gasteiger partial charge is 0.478 e. The second-order valence-electron chi connectivity index (χ2n) is 11.2. The molecule has 11 nitrogen and oxygen atoms in total. The van der Waals surface area contributed by atoms with Gasteiger partial charge in [-0.05, 0) is 50.2 Å². The van der Waals surface area contributed by atoms with Gasteiger partial charge in [-0.15, -0.1) is 5.10 Å². The highest BCUT2D eigenvalue weighted by atomic mass is 19.1. The molecule has 0 spiro atoms. The van der Waals surface area contributed by atoms with Gasteiger partial charge in [-0.1, -0.05) is 24.0 Å². The maximum Gasteiger partial charge on any atom is 0.256 e. The highest BCUT2D eigenvalue weighted by molar-refractivity contribution is 6.04. The van der Waals surface area contributed by atoms with Gasteiger partial charge in [0.05, 0.1) is 18.9 Å². The number of nitrogens with zero attached hydrogens (tertiary/aromatic N) is 6. The van der Waals surface area contributed by atoms with Gasteiger partial charge in [0.25, 0.3) is 11.8 Å². The predicted molar refractivity (Wildman–Crippen MR) is 175 cm³/mol. The molecule has 2 N–H and O–H groups in total. The van der Waals surface area contributed by atoms with Gasteiger partial charge in [0, 0.05) is 87.8 Å². The van der Waals surface area contributed by atoms with Crippen LogP contribution in [-0.2, 0) is 17.8 Å². The molecular weight excluding hydrogens is 587 g/mol. The lowest BCUT2D eigenvalue weighted by molar-refractivity contribution is 0.102. The summed E-state index contributed by atoms with van der Waals surface area (Å²) in [6, 6.07) is 10.2. The number of hydrogen-bond acceptors (Lipinski definition) is 9. The number of halogens is 1. The van der Waals surface area contributed by atoms with E-state index in [1.165, 1.54) is 6.07 Å². The van der Waals surface area contributed by atoms with Crippen molar-refractivity contribution in [2.45, 2.75) is 26.4 Å². The van der Waals surface area contributed by atoms with E-state index in [1.54, 1.807) is 55.6 Å². The van der Waals surface area contributed by atoms with Crippen LogP contribution >= 0.6 is 0 Å². The van der Waals surface area contributed by atoms with Crippen LogP contribution in [0.25, 0.3) is 0 Å². The molecule has 1 aliphatic heterocycles. The number of carbonyl (C=O) groups excluding carboxylic acids is 1. The van der Waals surface area contributed by atoms with Crippen molar-refractivity contribution in [1.29, 1.82) is 0 Å². The number of aromatic nitrogens is 4. The fourth-order valence-corrected chi connectivity index (χ4v) is 4.94. The second kappa shape index (κ2) is 15.4. The first-order valence-corrected chi connectivity index (χ1v) is 15.1. The van der Waals surface area contributed by atoms with Crippen molar-refractivity contribution in [2.24, 2.45) is 0 Å². The monoisotopic (exact) mass is 626 g/mol. The summed E-state index contributed by atoms with van der Waals surface area (Å²) in [5.74, 6) is 6.33. The van der Waals surface area contributed by atoms with Crippen molar-refractivity contribution < 1.29 is 18.7 Å². The Morgan fingerprint density at radius 3 is 2.54 bits per heavy atom. The molecule has 12 heteroatoms. The number of carbonyl (C=O) groups is 1. The minimum absolute atomic E-state index is 0.331. The van der Waals surface area contributed by atoms with Crippen LogP contribution in [0.5, 0.6) is 5.88 Å². The van der Waals surface area contributed by atoms with Gasteiger partial charge in [-0.25, -0.2) is 14.4 Å². The van der Waals surface area contributed by atoms with Gasteiger partial charge in [0.2, 0.25) is 5.95 Å². The molecule has 0 saturated carbocycles. The fourth-order valence-electron chi connectivity index (χ4n) is 4.94. The van der Waals surface area contributed by atoms with Crippen molar-refractivity contribution in [3.63, 3.8) is 0 Å². The van der Waals surface area contributed by atoms with Crippen LogP contribution in [-0.4, -0.2) is 89.5 Å². The Morgan fingerprint density at radius 1 is 1.04 bits per heavy atom. The van der Waals surface area contributed by atoms with Crippen molar-refractivity contribution >= 4 is 23.2 Å². The first-order chi connectivity index (χ1) is 22.3. The number of methoxy groups -OCH3 is 2. The molecule has 5 rings (SSSR count). The van der Waals surface area contributed by atoms with Crippen LogP contribution in [0, 0.1) is 24.6 Å². The summed E-state index contributed by atoms with van der Waals surface area (Å²) in [7, 11) is 5.31. The standard InChI is InChI=1S/C34H39FN8O3/c1-24-6-8-27(32(44)38-29-11-10-28(30(35)19-29)22-42-15-13-41(2)14-16-42)18-26(24)9-7-25-20-36-34(37-21-25)39-31-23-43(12-5-17-45-3)40-33(31)46-4/h6,8,10-11,18-21,23H,5,12-17,22H2,1-4H3,(H,38,44)(H,36,37,39). The van der Waals surface area contributed by atoms with Gasteiger partial charge in [-0.3, -0.25) is 14.4 Å². The quantitative estimate of drug-likeness (QED) is 0.186. The third-order valence-electron chi connectivity index (χ3n) is 7.70. The summed E-state index contributed by atoms with van der Waals surface area (Å²) in [4.78, 5) is 26.3. The minimum Gasteiger partial charge on any atom is -0.478 e. The summed E-state index contributed by atoms with van der Waals surface area (Å²) < 4.78 is 27.2. The Labute approximate surface area is 268 Å². The summed E-state index contributed by atoms with van der Waals surface area (Å²) in [6.45, 7) is 7.55. The third-order valence-corrected chi connectivity index (χ3v) is 7.70. The zero-order chi connectivity index (χ0) is 32.5. The molecule has 46 heavy (non-hydrogen) atoms. The number of amides is 1. The molecule has 3 heterocycles.